The van der Waals surface area contributed by atoms with E-state index in [2.05, 4.69) is 15.0 Å². The fourth-order valence-electron chi connectivity index (χ4n) is 3.19. The van der Waals surface area contributed by atoms with Gasteiger partial charge in [0, 0.05) is 59.4 Å². The van der Waals surface area contributed by atoms with Crippen molar-refractivity contribution < 1.29 is 28.5 Å². The summed E-state index contributed by atoms with van der Waals surface area (Å²) in [4.78, 5) is 11.4. The molecule has 2 heterocycles. The first-order valence-corrected chi connectivity index (χ1v) is 9.69. The van der Waals surface area contributed by atoms with Crippen LogP contribution in [0, 0.1) is 11.6 Å². The third-order valence-corrected chi connectivity index (χ3v) is 4.92. The van der Waals surface area contributed by atoms with Gasteiger partial charge in [-0.05, 0) is 11.6 Å². The molecular weight excluding hydrogens is 422 g/mol. The van der Waals surface area contributed by atoms with Crippen LogP contribution in [0.15, 0.2) is 35.7 Å². The number of ether oxygens (including phenoxy) is 2. The number of nitrogens with one attached hydrogen (secondary N) is 1. The number of halogens is 2. The first-order chi connectivity index (χ1) is 15.4. The molecule has 0 saturated heterocycles. The third kappa shape index (κ3) is 4.71. The first kappa shape index (κ1) is 23.2. The molecule has 0 amide bonds. The quantitative estimate of drug-likeness (QED) is 0.373. The number of allylic oxidation sites excluding steroid dienone is 1. The van der Waals surface area contributed by atoms with Gasteiger partial charge in [-0.2, -0.15) is 0 Å². The van der Waals surface area contributed by atoms with Crippen molar-refractivity contribution in [3.05, 3.63) is 59.1 Å². The van der Waals surface area contributed by atoms with Crippen molar-refractivity contribution in [1.82, 2.24) is 9.97 Å². The van der Waals surface area contributed by atoms with Gasteiger partial charge in [-0.15, -0.1) is 0 Å². The van der Waals surface area contributed by atoms with Gasteiger partial charge >= 0.3 is 0 Å². The number of rotatable bonds is 9. The van der Waals surface area contributed by atoms with Gasteiger partial charge in [-0.1, -0.05) is 0 Å². The Kier molecular flexibility index (Phi) is 7.39. The molecule has 1 unspecified atom stereocenters. The minimum atomic E-state index is -0.966. The normalized spacial score (nSPS) is 13.1. The number of hydrogen-bond acceptors (Lipinski definition) is 7. The lowest BCUT2D eigenvalue weighted by atomic mass is 10.0. The number of hydrogen-bond donors (Lipinski definition) is 4. The highest BCUT2D eigenvalue weighted by Gasteiger charge is 2.21. The number of fused-ring (bicyclic) bond motifs is 1. The van der Waals surface area contributed by atoms with Crippen molar-refractivity contribution in [1.29, 1.82) is 0 Å². The van der Waals surface area contributed by atoms with Crippen molar-refractivity contribution in [2.75, 3.05) is 27.4 Å². The zero-order chi connectivity index (χ0) is 23.3. The first-order valence-electron chi connectivity index (χ1n) is 9.69. The van der Waals surface area contributed by atoms with E-state index in [0.29, 0.717) is 27.7 Å². The minimum absolute atomic E-state index is 0.00907. The summed E-state index contributed by atoms with van der Waals surface area (Å²) >= 11 is 0. The second-order valence-electron chi connectivity index (χ2n) is 6.95. The largest absolute Gasteiger partial charge is 0.494 e. The van der Waals surface area contributed by atoms with Crippen molar-refractivity contribution in [2.45, 2.75) is 12.5 Å². The highest BCUT2D eigenvalue weighted by Crippen LogP contribution is 2.34. The van der Waals surface area contributed by atoms with E-state index in [1.54, 1.807) is 18.5 Å². The number of pyridine rings is 1. The Labute approximate surface area is 183 Å². The number of aliphatic imine (C=N–C) groups is 1. The fourth-order valence-corrected chi connectivity index (χ4v) is 3.19. The van der Waals surface area contributed by atoms with E-state index in [0.717, 1.165) is 6.07 Å². The van der Waals surface area contributed by atoms with Crippen LogP contribution in [0.5, 0.6) is 11.5 Å². The molecule has 2 aromatic heterocycles. The predicted molar refractivity (Wildman–Crippen MR) is 117 cm³/mol. The maximum atomic E-state index is 14.8. The summed E-state index contributed by atoms with van der Waals surface area (Å²) in [6.45, 7) is -0.392. The van der Waals surface area contributed by atoms with Crippen LogP contribution in [0.1, 0.15) is 16.7 Å². The Balaban J connectivity index is 1.99. The molecule has 170 valence electrons. The number of aliphatic hydroxyl groups excluding tert-OH is 2. The van der Waals surface area contributed by atoms with Gasteiger partial charge in [-0.25, -0.2) is 13.8 Å². The Bertz CT molecular complexity index is 1130. The Morgan fingerprint density at radius 2 is 1.94 bits per heavy atom. The molecule has 0 radical (unpaired) electrons. The predicted octanol–water partition coefficient (Wildman–Crippen LogP) is 2.17. The van der Waals surface area contributed by atoms with Crippen molar-refractivity contribution >= 4 is 22.8 Å². The number of nitrogens with two attached hydrogens (primary N) is 1. The second kappa shape index (κ2) is 10.2. The van der Waals surface area contributed by atoms with E-state index in [1.165, 1.54) is 26.6 Å². The number of aromatic nitrogens is 2. The molecule has 3 rings (SSSR count). The van der Waals surface area contributed by atoms with Crippen LogP contribution in [0.4, 0.5) is 8.78 Å². The average molecular weight is 446 g/mol. The fraction of sp³-hybridized carbons (Fsp3) is 0.273. The molecular formula is C22H24F2N4O4. The Hall–Kier alpha value is -3.50. The van der Waals surface area contributed by atoms with E-state index < -0.39 is 24.3 Å². The standard InChI is InChI=1S/C22H24F2N4O4/c1-31-18-5-19(32-2)21(24)17(20(18)23)4-13-9-28-22-16(13)3-12(8-27-22)14(6-25)7-26-10-15(30)11-29/h3,5-9,15,29-30H,4,10-11,25H2,1-2H3,(H,27,28). The summed E-state index contributed by atoms with van der Waals surface area (Å²) in [5.41, 5.74) is 7.80. The summed E-state index contributed by atoms with van der Waals surface area (Å²) in [5.74, 6) is -1.85. The van der Waals surface area contributed by atoms with E-state index in [9.17, 15) is 13.9 Å². The van der Waals surface area contributed by atoms with Gasteiger partial charge in [0.05, 0.1) is 33.5 Å². The molecule has 10 heteroatoms. The minimum Gasteiger partial charge on any atom is -0.494 e. The second-order valence-corrected chi connectivity index (χ2v) is 6.95. The van der Waals surface area contributed by atoms with E-state index in [-0.39, 0.29) is 30.0 Å². The molecule has 0 aliphatic rings. The summed E-state index contributed by atoms with van der Waals surface area (Å²) in [6.07, 6.45) is 4.95. The molecule has 8 nitrogen and oxygen atoms in total. The molecule has 0 aliphatic carbocycles. The third-order valence-electron chi connectivity index (χ3n) is 4.92. The van der Waals surface area contributed by atoms with Crippen LogP contribution in [0.3, 0.4) is 0 Å². The molecule has 32 heavy (non-hydrogen) atoms. The monoisotopic (exact) mass is 446 g/mol. The Morgan fingerprint density at radius 3 is 2.53 bits per heavy atom. The number of aromatic amines is 1. The van der Waals surface area contributed by atoms with Gasteiger partial charge in [-0.3, -0.25) is 4.99 Å². The van der Waals surface area contributed by atoms with Gasteiger partial charge in [0.25, 0.3) is 0 Å². The van der Waals surface area contributed by atoms with Crippen LogP contribution < -0.4 is 15.2 Å². The maximum Gasteiger partial charge on any atom is 0.171 e. The zero-order valence-corrected chi connectivity index (χ0v) is 17.6. The molecule has 5 N–H and O–H groups in total. The molecule has 0 spiro atoms. The number of benzene rings is 1. The SMILES string of the molecule is COc1cc(OC)c(F)c(Cc2c[nH]c3ncc(C(C=NCC(O)CO)=CN)cc23)c1F. The average Bonchev–Trinajstić information content (AvgIpc) is 3.21. The molecule has 1 atom stereocenters. The summed E-state index contributed by atoms with van der Waals surface area (Å²) < 4.78 is 39.6. The summed E-state index contributed by atoms with van der Waals surface area (Å²) in [7, 11) is 2.59. The van der Waals surface area contributed by atoms with E-state index in [1.807, 2.05) is 0 Å². The van der Waals surface area contributed by atoms with Crippen LogP contribution in [-0.2, 0) is 6.42 Å². The lowest BCUT2D eigenvalue weighted by Gasteiger charge is -2.12. The summed E-state index contributed by atoms with van der Waals surface area (Å²) in [6, 6.07) is 2.93. The van der Waals surface area contributed by atoms with Crippen LogP contribution in [0.25, 0.3) is 16.6 Å². The van der Waals surface area contributed by atoms with Crippen LogP contribution >= 0.6 is 0 Å². The molecule has 0 aliphatic heterocycles. The Morgan fingerprint density at radius 1 is 1.25 bits per heavy atom. The van der Waals surface area contributed by atoms with Crippen LogP contribution in [0.2, 0.25) is 0 Å². The topological polar surface area (TPSA) is 126 Å². The molecule has 1 aromatic carbocycles. The highest BCUT2D eigenvalue weighted by atomic mass is 19.1. The van der Waals surface area contributed by atoms with Gasteiger partial charge in [0.2, 0.25) is 0 Å². The molecule has 0 bridgehead atoms. The van der Waals surface area contributed by atoms with Crippen LogP contribution in [-0.4, -0.2) is 59.9 Å². The lowest BCUT2D eigenvalue weighted by Crippen LogP contribution is -2.15. The number of methoxy groups -OCH3 is 2. The van der Waals surface area contributed by atoms with E-state index >= 15 is 0 Å². The number of nitrogens with zero attached hydrogens (tertiary/aromatic N) is 2. The van der Waals surface area contributed by atoms with Gasteiger partial charge in [0.15, 0.2) is 23.1 Å². The molecule has 3 aromatic rings. The van der Waals surface area contributed by atoms with Crippen molar-refractivity contribution in [3.8, 4) is 11.5 Å². The highest BCUT2D eigenvalue weighted by molar-refractivity contribution is 6.10. The van der Waals surface area contributed by atoms with Crippen molar-refractivity contribution in [3.63, 3.8) is 0 Å². The number of H-pyrrole nitrogens is 1. The van der Waals surface area contributed by atoms with Crippen molar-refractivity contribution in [2.24, 2.45) is 10.7 Å². The molecule has 0 fully saturated rings. The maximum absolute atomic E-state index is 14.8. The molecule has 0 saturated carbocycles. The van der Waals surface area contributed by atoms with Gasteiger partial charge in [0.1, 0.15) is 5.65 Å². The van der Waals surface area contributed by atoms with Gasteiger partial charge < -0.3 is 30.4 Å². The summed E-state index contributed by atoms with van der Waals surface area (Å²) in [5, 5.41) is 18.9. The number of aliphatic hydroxyl groups is 2. The smallest absolute Gasteiger partial charge is 0.171 e. The van der Waals surface area contributed by atoms with E-state index in [4.69, 9.17) is 20.3 Å². The lowest BCUT2D eigenvalue weighted by molar-refractivity contribution is 0.102. The zero-order valence-electron chi connectivity index (χ0n) is 17.6.